The number of benzene rings is 1. The van der Waals surface area contributed by atoms with Crippen molar-refractivity contribution in [1.82, 2.24) is 10.3 Å². The Hall–Kier alpha value is -2.49. The van der Waals surface area contributed by atoms with Crippen molar-refractivity contribution in [1.29, 1.82) is 5.26 Å². The van der Waals surface area contributed by atoms with Gasteiger partial charge < -0.3 is 10.6 Å². The highest BCUT2D eigenvalue weighted by Gasteiger charge is 2.29. The Morgan fingerprint density at radius 3 is 2.70 bits per heavy atom. The maximum atomic E-state index is 12.2. The van der Waals surface area contributed by atoms with E-state index in [1.807, 2.05) is 30.3 Å². The normalized spacial score (nSPS) is 17.4. The van der Waals surface area contributed by atoms with Gasteiger partial charge in [-0.15, -0.1) is 0 Å². The molecule has 5 nitrogen and oxygen atoms in total. The molecule has 0 saturated carbocycles. The number of amides is 1. The van der Waals surface area contributed by atoms with Gasteiger partial charge in [0.25, 0.3) is 5.91 Å². The molecule has 114 valence electrons. The van der Waals surface area contributed by atoms with Crippen molar-refractivity contribution in [3.63, 3.8) is 0 Å². The Morgan fingerprint density at radius 2 is 2.00 bits per heavy atom. The molecule has 1 aliphatic rings. The summed E-state index contributed by atoms with van der Waals surface area (Å²) in [4.78, 5) is 16.2. The summed E-state index contributed by atoms with van der Waals surface area (Å²) in [5.74, 6) is -0.414. The summed E-state index contributed by atoms with van der Waals surface area (Å²) < 4.78 is 0. The number of halogens is 1. The van der Waals surface area contributed by atoms with E-state index in [0.717, 1.165) is 5.56 Å². The highest BCUT2D eigenvalue weighted by molar-refractivity contribution is 8.03. The van der Waals surface area contributed by atoms with Gasteiger partial charge in [-0.2, -0.15) is 5.26 Å². The van der Waals surface area contributed by atoms with E-state index in [1.165, 1.54) is 11.8 Å². The molecular formula is C16H11ClN4OS. The van der Waals surface area contributed by atoms with E-state index in [1.54, 1.807) is 24.5 Å². The van der Waals surface area contributed by atoms with E-state index in [4.69, 9.17) is 11.6 Å². The fraction of sp³-hybridized carbons (Fsp3) is 0.0625. The number of hydrogen-bond donors (Lipinski definition) is 2. The second kappa shape index (κ2) is 6.73. The minimum Gasteiger partial charge on any atom is -0.348 e. The molecule has 0 fully saturated rings. The van der Waals surface area contributed by atoms with Gasteiger partial charge >= 0.3 is 0 Å². The average Bonchev–Trinajstić information content (AvgIpc) is 2.57. The maximum absolute atomic E-state index is 12.2. The van der Waals surface area contributed by atoms with Crippen LogP contribution in [0.15, 0.2) is 59.4 Å². The van der Waals surface area contributed by atoms with Crippen molar-refractivity contribution < 1.29 is 4.79 Å². The second-order valence-electron chi connectivity index (χ2n) is 4.67. The summed E-state index contributed by atoms with van der Waals surface area (Å²) in [7, 11) is 0. The number of anilines is 1. The van der Waals surface area contributed by atoms with Gasteiger partial charge in [0, 0.05) is 12.4 Å². The van der Waals surface area contributed by atoms with Gasteiger partial charge in [-0.3, -0.25) is 9.78 Å². The molecule has 2 heterocycles. The molecule has 1 aromatic carbocycles. The van der Waals surface area contributed by atoms with Crippen LogP contribution in [0.2, 0.25) is 5.02 Å². The first-order valence-corrected chi connectivity index (χ1v) is 7.98. The summed E-state index contributed by atoms with van der Waals surface area (Å²) in [6, 6.07) is 12.8. The quantitative estimate of drug-likeness (QED) is 0.893. The Balaban J connectivity index is 1.93. The van der Waals surface area contributed by atoms with Crippen molar-refractivity contribution in [3.8, 4) is 6.07 Å². The zero-order valence-corrected chi connectivity index (χ0v) is 13.4. The predicted molar refractivity (Wildman–Crippen MR) is 90.4 cm³/mol. The number of hydrogen-bond acceptors (Lipinski definition) is 5. The Labute approximate surface area is 142 Å². The van der Waals surface area contributed by atoms with Crippen LogP contribution in [0.3, 0.4) is 0 Å². The standard InChI is InChI=1S/C16H11ClN4OS/c17-12-3-1-2-4-13(12)20-16-11(9-18)14(22)21-15(23-16)10-5-7-19-8-6-10/h1-8,15,20H,(H,21,22). The lowest BCUT2D eigenvalue weighted by molar-refractivity contribution is -0.117. The molecule has 0 bridgehead atoms. The van der Waals surface area contributed by atoms with E-state index >= 15 is 0 Å². The van der Waals surface area contributed by atoms with Crippen LogP contribution >= 0.6 is 23.4 Å². The Kier molecular flexibility index (Phi) is 4.51. The number of nitriles is 1. The average molecular weight is 343 g/mol. The molecule has 2 N–H and O–H groups in total. The van der Waals surface area contributed by atoms with Gasteiger partial charge in [0.1, 0.15) is 17.0 Å². The summed E-state index contributed by atoms with van der Waals surface area (Å²) in [6.45, 7) is 0. The maximum Gasteiger partial charge on any atom is 0.265 e. The van der Waals surface area contributed by atoms with Crippen LogP contribution in [0, 0.1) is 11.3 Å². The van der Waals surface area contributed by atoms with E-state index in [0.29, 0.717) is 15.7 Å². The third-order valence-electron chi connectivity index (χ3n) is 3.19. The van der Waals surface area contributed by atoms with E-state index < -0.39 is 5.91 Å². The molecule has 1 unspecified atom stereocenters. The number of carbonyl (C=O) groups excluding carboxylic acids is 1. The topological polar surface area (TPSA) is 77.8 Å². The number of nitrogens with zero attached hydrogens (tertiary/aromatic N) is 2. The molecule has 0 spiro atoms. The van der Waals surface area contributed by atoms with E-state index in [9.17, 15) is 10.1 Å². The van der Waals surface area contributed by atoms with Crippen molar-refractivity contribution in [3.05, 3.63) is 70.0 Å². The van der Waals surface area contributed by atoms with Crippen LogP contribution in [0.4, 0.5) is 5.69 Å². The first kappa shape index (κ1) is 15.4. The van der Waals surface area contributed by atoms with Crippen molar-refractivity contribution in [2.75, 3.05) is 5.32 Å². The fourth-order valence-electron chi connectivity index (χ4n) is 2.07. The van der Waals surface area contributed by atoms with Gasteiger partial charge in [0.05, 0.1) is 15.7 Å². The molecule has 23 heavy (non-hydrogen) atoms. The summed E-state index contributed by atoms with van der Waals surface area (Å²) in [6.07, 6.45) is 3.32. The van der Waals surface area contributed by atoms with Crippen LogP contribution in [0.25, 0.3) is 0 Å². The predicted octanol–water partition coefficient (Wildman–Crippen LogP) is 3.44. The Bertz CT molecular complexity index is 816. The van der Waals surface area contributed by atoms with Crippen LogP contribution in [-0.4, -0.2) is 10.9 Å². The smallest absolute Gasteiger partial charge is 0.265 e. The minimum atomic E-state index is -0.414. The number of para-hydroxylation sites is 1. The number of carbonyl (C=O) groups is 1. The molecular weight excluding hydrogens is 332 g/mol. The van der Waals surface area contributed by atoms with Crippen molar-refractivity contribution in [2.24, 2.45) is 0 Å². The van der Waals surface area contributed by atoms with Crippen LogP contribution in [0.1, 0.15) is 10.9 Å². The summed E-state index contributed by atoms with van der Waals surface area (Å²) in [5.41, 5.74) is 1.58. The Morgan fingerprint density at radius 1 is 1.26 bits per heavy atom. The number of aromatic nitrogens is 1. The molecule has 3 rings (SSSR count). The second-order valence-corrected chi connectivity index (χ2v) is 6.20. The molecule has 0 saturated heterocycles. The van der Waals surface area contributed by atoms with Gasteiger partial charge in [0.2, 0.25) is 0 Å². The molecule has 1 amide bonds. The number of thioether (sulfide) groups is 1. The largest absolute Gasteiger partial charge is 0.348 e. The lowest BCUT2D eigenvalue weighted by atomic mass is 10.2. The molecule has 1 atom stereocenters. The van der Waals surface area contributed by atoms with Crippen molar-refractivity contribution >= 4 is 35.0 Å². The monoisotopic (exact) mass is 342 g/mol. The molecule has 0 radical (unpaired) electrons. The van der Waals surface area contributed by atoms with Gasteiger partial charge in [-0.05, 0) is 29.8 Å². The van der Waals surface area contributed by atoms with Crippen LogP contribution < -0.4 is 10.6 Å². The minimum absolute atomic E-state index is 0.0419. The van der Waals surface area contributed by atoms with E-state index in [-0.39, 0.29) is 10.9 Å². The molecule has 0 aliphatic carbocycles. The summed E-state index contributed by atoms with van der Waals surface area (Å²) in [5, 5.41) is 15.9. The summed E-state index contributed by atoms with van der Waals surface area (Å²) >= 11 is 7.49. The zero-order valence-electron chi connectivity index (χ0n) is 11.8. The number of rotatable bonds is 3. The zero-order chi connectivity index (χ0) is 16.2. The van der Waals surface area contributed by atoms with E-state index in [2.05, 4.69) is 15.6 Å². The third kappa shape index (κ3) is 3.31. The highest BCUT2D eigenvalue weighted by Crippen LogP contribution is 2.38. The number of nitrogens with one attached hydrogen (secondary N) is 2. The van der Waals surface area contributed by atoms with Crippen LogP contribution in [-0.2, 0) is 4.79 Å². The van der Waals surface area contributed by atoms with Crippen LogP contribution in [0.5, 0.6) is 0 Å². The third-order valence-corrected chi connectivity index (χ3v) is 4.69. The lowest BCUT2D eigenvalue weighted by Gasteiger charge is -2.26. The van der Waals surface area contributed by atoms with Gasteiger partial charge in [-0.25, -0.2) is 0 Å². The SMILES string of the molecule is N#CC1=C(Nc2ccccc2Cl)SC(c2ccncc2)NC1=O. The lowest BCUT2D eigenvalue weighted by Crippen LogP contribution is -2.33. The molecule has 7 heteroatoms. The van der Waals surface area contributed by atoms with Gasteiger partial charge in [-0.1, -0.05) is 35.5 Å². The van der Waals surface area contributed by atoms with Crippen molar-refractivity contribution in [2.45, 2.75) is 5.37 Å². The molecule has 1 aromatic heterocycles. The highest BCUT2D eigenvalue weighted by atomic mass is 35.5. The number of pyridine rings is 1. The first-order chi connectivity index (χ1) is 11.2. The first-order valence-electron chi connectivity index (χ1n) is 6.72. The fourth-order valence-corrected chi connectivity index (χ4v) is 3.37. The molecule has 1 aliphatic heterocycles. The molecule has 2 aromatic rings. The van der Waals surface area contributed by atoms with Gasteiger partial charge in [0.15, 0.2) is 0 Å².